The van der Waals surface area contributed by atoms with E-state index in [4.69, 9.17) is 11.6 Å². The second kappa shape index (κ2) is 6.16. The molecular weight excluding hydrogens is 352 g/mol. The first-order valence-corrected chi connectivity index (χ1v) is 8.01. The summed E-state index contributed by atoms with van der Waals surface area (Å²) in [4.78, 5) is 18.7. The van der Waals surface area contributed by atoms with Crippen LogP contribution in [0.3, 0.4) is 0 Å². The Morgan fingerprint density at radius 3 is 2.81 bits per heavy atom. The van der Waals surface area contributed by atoms with Gasteiger partial charge in [-0.05, 0) is 52.5 Å². The van der Waals surface area contributed by atoms with E-state index in [-0.39, 0.29) is 11.9 Å². The van der Waals surface area contributed by atoms with Crippen molar-refractivity contribution in [3.8, 4) is 0 Å². The van der Waals surface area contributed by atoms with Crippen molar-refractivity contribution in [1.29, 1.82) is 0 Å². The Bertz CT molecular complexity index is 660. The fourth-order valence-corrected chi connectivity index (χ4v) is 3.22. The predicted molar refractivity (Wildman–Crippen MR) is 86.4 cm³/mol. The van der Waals surface area contributed by atoms with Crippen molar-refractivity contribution in [3.05, 3.63) is 63.3 Å². The number of aromatic nitrogens is 1. The Morgan fingerprint density at radius 1 is 1.29 bits per heavy atom. The van der Waals surface area contributed by atoms with E-state index in [1.54, 1.807) is 12.3 Å². The molecule has 0 bridgehead atoms. The maximum absolute atomic E-state index is 12.7. The molecule has 0 N–H and O–H groups in total. The van der Waals surface area contributed by atoms with Crippen molar-refractivity contribution in [2.24, 2.45) is 0 Å². The summed E-state index contributed by atoms with van der Waals surface area (Å²) in [5, 5.41) is 0.714. The van der Waals surface area contributed by atoms with Gasteiger partial charge in [0, 0.05) is 22.2 Å². The van der Waals surface area contributed by atoms with Crippen LogP contribution >= 0.6 is 27.5 Å². The molecule has 1 aliphatic rings. The summed E-state index contributed by atoms with van der Waals surface area (Å²) < 4.78 is 0.864. The normalized spacial score (nSPS) is 18.0. The number of benzene rings is 1. The van der Waals surface area contributed by atoms with E-state index in [0.717, 1.165) is 29.4 Å². The number of carbonyl (C=O) groups excluding carboxylic acids is 1. The molecule has 21 heavy (non-hydrogen) atoms. The van der Waals surface area contributed by atoms with Crippen molar-refractivity contribution >= 4 is 33.4 Å². The van der Waals surface area contributed by atoms with Gasteiger partial charge < -0.3 is 4.90 Å². The van der Waals surface area contributed by atoms with E-state index in [1.807, 2.05) is 35.2 Å². The topological polar surface area (TPSA) is 33.2 Å². The first-order chi connectivity index (χ1) is 10.2. The zero-order chi connectivity index (χ0) is 14.8. The van der Waals surface area contributed by atoms with Gasteiger partial charge in [-0.3, -0.25) is 4.79 Å². The molecular formula is C16H14BrClN2O. The second-order valence-electron chi connectivity index (χ2n) is 5.04. The molecule has 0 aliphatic carbocycles. The van der Waals surface area contributed by atoms with Crippen LogP contribution < -0.4 is 0 Å². The van der Waals surface area contributed by atoms with Crippen molar-refractivity contribution in [1.82, 2.24) is 9.88 Å². The molecule has 1 aromatic heterocycles. The van der Waals surface area contributed by atoms with Gasteiger partial charge in [0.25, 0.3) is 5.91 Å². The number of hydrogen-bond donors (Lipinski definition) is 0. The molecule has 2 heterocycles. The van der Waals surface area contributed by atoms with Gasteiger partial charge in [0.15, 0.2) is 0 Å². The fraction of sp³-hybridized carbons (Fsp3) is 0.250. The molecule has 3 nitrogen and oxygen atoms in total. The Morgan fingerprint density at radius 2 is 2.10 bits per heavy atom. The number of hydrogen-bond acceptors (Lipinski definition) is 2. The lowest BCUT2D eigenvalue weighted by Crippen LogP contribution is -2.31. The number of rotatable bonds is 2. The molecule has 1 unspecified atom stereocenters. The van der Waals surface area contributed by atoms with Crippen molar-refractivity contribution in [2.45, 2.75) is 18.9 Å². The minimum Gasteiger partial charge on any atom is -0.330 e. The van der Waals surface area contributed by atoms with Crippen molar-refractivity contribution in [3.63, 3.8) is 0 Å². The van der Waals surface area contributed by atoms with Crippen LogP contribution in [0.25, 0.3) is 0 Å². The van der Waals surface area contributed by atoms with Crippen LogP contribution in [-0.4, -0.2) is 22.3 Å². The average Bonchev–Trinajstić information content (AvgIpc) is 2.97. The highest BCUT2D eigenvalue weighted by Gasteiger charge is 2.32. The molecule has 0 spiro atoms. The SMILES string of the molecule is O=C(c1ccc(Br)cn1)N1CCCC1c1ccccc1Cl. The van der Waals surface area contributed by atoms with Gasteiger partial charge in [0.1, 0.15) is 5.69 Å². The number of halogens is 2. The van der Waals surface area contributed by atoms with Crippen LogP contribution in [0.5, 0.6) is 0 Å². The van der Waals surface area contributed by atoms with Crippen LogP contribution in [-0.2, 0) is 0 Å². The molecule has 1 amide bonds. The Kier molecular flexibility index (Phi) is 4.27. The molecule has 108 valence electrons. The largest absolute Gasteiger partial charge is 0.330 e. The second-order valence-corrected chi connectivity index (χ2v) is 6.36. The molecule has 1 saturated heterocycles. The lowest BCUT2D eigenvalue weighted by molar-refractivity contribution is 0.0730. The lowest BCUT2D eigenvalue weighted by Gasteiger charge is -2.25. The third kappa shape index (κ3) is 2.97. The molecule has 3 rings (SSSR count). The van der Waals surface area contributed by atoms with Gasteiger partial charge in [-0.25, -0.2) is 4.98 Å². The summed E-state index contributed by atoms with van der Waals surface area (Å²) in [5.41, 5.74) is 1.49. The molecule has 1 aromatic carbocycles. The summed E-state index contributed by atoms with van der Waals surface area (Å²) in [5.74, 6) is -0.0371. The maximum atomic E-state index is 12.7. The molecule has 2 aromatic rings. The van der Waals surface area contributed by atoms with E-state index in [1.165, 1.54) is 0 Å². The van der Waals surface area contributed by atoms with Crippen LogP contribution in [0.2, 0.25) is 5.02 Å². The van der Waals surface area contributed by atoms with E-state index in [0.29, 0.717) is 10.7 Å². The minimum atomic E-state index is -0.0371. The number of likely N-dealkylation sites (tertiary alicyclic amines) is 1. The maximum Gasteiger partial charge on any atom is 0.272 e. The van der Waals surface area contributed by atoms with Gasteiger partial charge in [-0.2, -0.15) is 0 Å². The number of nitrogens with zero attached hydrogens (tertiary/aromatic N) is 2. The third-order valence-corrected chi connectivity index (χ3v) is 4.54. The van der Waals surface area contributed by atoms with Crippen LogP contribution in [0.15, 0.2) is 47.1 Å². The van der Waals surface area contributed by atoms with Gasteiger partial charge in [-0.1, -0.05) is 29.8 Å². The van der Waals surface area contributed by atoms with E-state index in [2.05, 4.69) is 20.9 Å². The number of amides is 1. The quantitative estimate of drug-likeness (QED) is 0.786. The summed E-state index contributed by atoms with van der Waals surface area (Å²) in [7, 11) is 0. The Balaban J connectivity index is 1.89. The average molecular weight is 366 g/mol. The third-order valence-electron chi connectivity index (χ3n) is 3.72. The molecule has 1 aliphatic heterocycles. The van der Waals surface area contributed by atoms with E-state index >= 15 is 0 Å². The van der Waals surface area contributed by atoms with Crippen LogP contribution in [0.1, 0.15) is 34.9 Å². The zero-order valence-electron chi connectivity index (χ0n) is 11.3. The minimum absolute atomic E-state index is 0.0371. The van der Waals surface area contributed by atoms with Gasteiger partial charge >= 0.3 is 0 Å². The van der Waals surface area contributed by atoms with Gasteiger partial charge in [0.05, 0.1) is 6.04 Å². The van der Waals surface area contributed by atoms with E-state index in [9.17, 15) is 4.79 Å². The first kappa shape index (κ1) is 14.5. The zero-order valence-corrected chi connectivity index (χ0v) is 13.6. The molecule has 5 heteroatoms. The highest BCUT2D eigenvalue weighted by Crippen LogP contribution is 2.36. The summed E-state index contributed by atoms with van der Waals surface area (Å²) >= 11 is 9.61. The summed E-state index contributed by atoms with van der Waals surface area (Å²) in [6, 6.07) is 11.3. The fourth-order valence-electron chi connectivity index (χ4n) is 2.73. The smallest absolute Gasteiger partial charge is 0.272 e. The molecule has 0 radical (unpaired) electrons. The number of carbonyl (C=O) groups is 1. The van der Waals surface area contributed by atoms with E-state index < -0.39 is 0 Å². The van der Waals surface area contributed by atoms with Crippen molar-refractivity contribution < 1.29 is 4.79 Å². The van der Waals surface area contributed by atoms with Gasteiger partial charge in [0.2, 0.25) is 0 Å². The standard InChI is InChI=1S/C16H14BrClN2O/c17-11-7-8-14(19-10-11)16(21)20-9-3-6-15(20)12-4-1-2-5-13(12)18/h1-2,4-5,7-8,10,15H,3,6,9H2. The van der Waals surface area contributed by atoms with Gasteiger partial charge in [-0.15, -0.1) is 0 Å². The molecule has 1 atom stereocenters. The summed E-state index contributed by atoms with van der Waals surface area (Å²) in [6.07, 6.45) is 3.57. The first-order valence-electron chi connectivity index (χ1n) is 6.84. The number of pyridine rings is 1. The lowest BCUT2D eigenvalue weighted by atomic mass is 10.0. The molecule has 0 saturated carbocycles. The highest BCUT2D eigenvalue weighted by atomic mass is 79.9. The Hall–Kier alpha value is -1.39. The van der Waals surface area contributed by atoms with Crippen molar-refractivity contribution in [2.75, 3.05) is 6.54 Å². The van der Waals surface area contributed by atoms with Crippen LogP contribution in [0.4, 0.5) is 0 Å². The molecule has 1 fully saturated rings. The predicted octanol–water partition coefficient (Wildman–Crippen LogP) is 4.47. The highest BCUT2D eigenvalue weighted by molar-refractivity contribution is 9.10. The Labute approximate surface area is 137 Å². The van der Waals surface area contributed by atoms with Crippen LogP contribution in [0, 0.1) is 0 Å². The summed E-state index contributed by atoms with van der Waals surface area (Å²) in [6.45, 7) is 0.743. The monoisotopic (exact) mass is 364 g/mol.